The zero-order chi connectivity index (χ0) is 45.4. The molecule has 6 aliphatic rings. The Balaban J connectivity index is 0.000000145. The first kappa shape index (κ1) is 44.9. The number of hydrogen-bond donors (Lipinski definition) is 4. The van der Waals surface area contributed by atoms with E-state index in [0.29, 0.717) is 28.8 Å². The summed E-state index contributed by atoms with van der Waals surface area (Å²) in [5.41, 5.74) is 14.2. The molecule has 2 saturated carbocycles. The van der Waals surface area contributed by atoms with E-state index >= 15 is 0 Å². The monoisotopic (exact) mass is 932 g/mol. The Morgan fingerprint density at radius 2 is 1.16 bits per heavy atom. The van der Waals surface area contributed by atoms with Crippen LogP contribution in [0.25, 0.3) is 20.8 Å². The molecule has 0 saturated heterocycles. The highest BCUT2D eigenvalue weighted by Gasteiger charge is 2.67. The van der Waals surface area contributed by atoms with E-state index in [1.807, 2.05) is 48.5 Å². The predicted molar refractivity (Wildman–Crippen MR) is 244 cm³/mol. The molecule has 4 spiro atoms. The summed E-state index contributed by atoms with van der Waals surface area (Å²) in [5.74, 6) is 2.29. The number of hydroxylamine groups is 4. The molecule has 4 aromatic rings. The highest BCUT2D eigenvalue weighted by atomic mass is 79.9. The molecule has 6 N–H and O–H groups in total. The highest BCUT2D eigenvalue weighted by molar-refractivity contribution is 9.10. The van der Waals surface area contributed by atoms with Gasteiger partial charge in [0.25, 0.3) is 11.4 Å². The molecule has 0 bridgehead atoms. The van der Waals surface area contributed by atoms with Gasteiger partial charge in [0.05, 0.1) is 36.5 Å². The number of halogens is 1. The molecular weight excluding hydrogens is 883 g/mol. The second-order valence-electron chi connectivity index (χ2n) is 16.6. The van der Waals surface area contributed by atoms with E-state index in [-0.39, 0.29) is 12.2 Å². The van der Waals surface area contributed by atoms with E-state index in [2.05, 4.69) is 31.7 Å². The van der Waals surface area contributed by atoms with Crippen LogP contribution in [0.15, 0.2) is 99.4 Å². The van der Waals surface area contributed by atoms with Crippen LogP contribution in [0.5, 0.6) is 11.5 Å². The molecule has 0 radical (unpaired) electrons. The van der Waals surface area contributed by atoms with Gasteiger partial charge in [0.2, 0.25) is 11.9 Å². The van der Waals surface area contributed by atoms with Crippen LogP contribution in [-0.4, -0.2) is 90.9 Å². The second-order valence-corrected chi connectivity index (χ2v) is 17.5. The Kier molecular flexibility index (Phi) is 12.4. The zero-order valence-electron chi connectivity index (χ0n) is 36.0. The number of nitrogens with zero attached hydrogens (tertiary/aromatic N) is 6. The summed E-state index contributed by atoms with van der Waals surface area (Å²) in [5, 5.41) is 20.4. The van der Waals surface area contributed by atoms with Crippen molar-refractivity contribution in [1.29, 1.82) is 0 Å². The Labute approximate surface area is 381 Å². The van der Waals surface area contributed by atoms with E-state index < -0.39 is 29.8 Å². The van der Waals surface area contributed by atoms with E-state index in [9.17, 15) is 0 Å². The number of ether oxygens (including phenoxy) is 4. The quantitative estimate of drug-likeness (QED) is 0.131. The molecule has 332 valence electrons. The van der Waals surface area contributed by atoms with E-state index in [1.54, 1.807) is 52.6 Å². The van der Waals surface area contributed by atoms with Gasteiger partial charge in [0.1, 0.15) is 11.5 Å². The molecule has 0 amide bonds. The van der Waals surface area contributed by atoms with E-state index in [0.717, 1.165) is 89.6 Å². The molecule has 4 aliphatic heterocycles. The zero-order valence-corrected chi connectivity index (χ0v) is 37.6. The molecule has 4 aromatic carbocycles. The average Bonchev–Trinajstić information content (AvgIpc) is 3.97. The molecule has 2 aliphatic carbocycles. The van der Waals surface area contributed by atoms with Crippen molar-refractivity contribution in [2.75, 3.05) is 28.3 Å². The van der Waals surface area contributed by atoms with Crippen molar-refractivity contribution in [3.05, 3.63) is 123 Å². The third kappa shape index (κ3) is 7.83. The second kappa shape index (κ2) is 17.7. The minimum absolute atomic E-state index is 0.215. The normalized spacial score (nSPS) is 28.1. The lowest BCUT2D eigenvalue weighted by Gasteiger charge is -2.43. The van der Waals surface area contributed by atoms with Gasteiger partial charge < -0.3 is 40.5 Å². The van der Waals surface area contributed by atoms with Crippen LogP contribution >= 0.6 is 15.9 Å². The van der Waals surface area contributed by atoms with Crippen LogP contribution in [-0.2, 0) is 30.6 Å². The standard InChI is InChI=1S/C23H24N4O3.C16H20BrN3O3.C7H6BNO2/c1-25-17-6-4-5-15(13-17)16-7-8-20-19(14-16)23(26-21(24)27(2)30-23)22(29-20)11-9-18(28-3)10-12-22;1-20-14(18)19-16(23-20)12-9-10(17)3-4-13(12)22-15(16)7-5-11(21-2)6-8-15;1-9-7-4-2-3-6(5-7)8(10)11/h4-8,13-14,18H,9-12H2,2-3H3,(H2,24,26);3-4,9,11H,5-8H2,1-2H3,(H2,18,19);2-5,10-11H. The number of nitrogens with two attached hydrogens (primary N) is 2. The fraction of sp³-hybridized carbons (Fsp3) is 0.391. The fourth-order valence-electron chi connectivity index (χ4n) is 9.53. The van der Waals surface area contributed by atoms with Gasteiger partial charge in [-0.05, 0) is 104 Å². The molecule has 4 heterocycles. The van der Waals surface area contributed by atoms with Crippen molar-refractivity contribution in [3.8, 4) is 22.6 Å². The highest BCUT2D eigenvalue weighted by Crippen LogP contribution is 2.60. The summed E-state index contributed by atoms with van der Waals surface area (Å²) in [4.78, 5) is 28.8. The van der Waals surface area contributed by atoms with Crippen LogP contribution in [0.4, 0.5) is 11.4 Å². The van der Waals surface area contributed by atoms with Crippen molar-refractivity contribution in [2.24, 2.45) is 21.5 Å². The lowest BCUT2D eigenvalue weighted by molar-refractivity contribution is -0.242. The number of guanidine groups is 2. The number of benzene rings is 4. The summed E-state index contributed by atoms with van der Waals surface area (Å²) < 4.78 is 25.1. The average molecular weight is 934 g/mol. The van der Waals surface area contributed by atoms with Crippen LogP contribution in [0, 0.1) is 13.1 Å². The molecule has 2 fully saturated rings. The number of aliphatic imine (C=N–C) groups is 2. The smallest absolute Gasteiger partial charge is 0.481 e. The van der Waals surface area contributed by atoms with E-state index in [1.165, 1.54) is 16.2 Å². The summed E-state index contributed by atoms with van der Waals surface area (Å²) in [7, 11) is 5.57. The molecule has 0 aromatic heterocycles. The Hall–Kier alpha value is -5.70. The first-order valence-corrected chi connectivity index (χ1v) is 21.8. The summed E-state index contributed by atoms with van der Waals surface area (Å²) in [6.07, 6.45) is 7.17. The maximum absolute atomic E-state index is 8.70. The first-order chi connectivity index (χ1) is 30.7. The molecule has 10 rings (SSSR count). The SMILES string of the molecule is COC1CCC2(CC1)Oc1ccc(Br)cc1C21N=C(N)N(C)O1.[C-]#[N+]c1cccc(-c2ccc3c(c2)C2(N=C(N)N(C)O2)C2(CCC(OC)CC2)O3)c1.[C-]#[N+]c1cccc(B(O)O)c1. The molecular formula is C46H50BBrN8O8. The van der Waals surface area contributed by atoms with Crippen molar-refractivity contribution < 1.29 is 38.7 Å². The number of fused-ring (bicyclic) bond motifs is 6. The Morgan fingerprint density at radius 1 is 0.688 bits per heavy atom. The van der Waals surface area contributed by atoms with Crippen LogP contribution in [0.2, 0.25) is 0 Å². The van der Waals surface area contributed by atoms with Crippen molar-refractivity contribution in [1.82, 2.24) is 10.1 Å². The van der Waals surface area contributed by atoms with Gasteiger partial charge in [-0.2, -0.15) is 0 Å². The van der Waals surface area contributed by atoms with Crippen LogP contribution < -0.4 is 26.4 Å². The number of hydrogen-bond acceptors (Lipinski definition) is 14. The van der Waals surface area contributed by atoms with Crippen LogP contribution in [0.1, 0.15) is 62.5 Å². The van der Waals surface area contributed by atoms with Gasteiger partial charge in [-0.3, -0.25) is 0 Å². The van der Waals surface area contributed by atoms with Gasteiger partial charge in [-0.15, -0.1) is 0 Å². The van der Waals surface area contributed by atoms with Gasteiger partial charge in [-0.25, -0.2) is 39.5 Å². The lowest BCUT2D eigenvalue weighted by atomic mass is 9.74. The van der Waals surface area contributed by atoms with E-state index in [4.69, 9.17) is 73.3 Å². The largest absolute Gasteiger partial charge is 0.487 e. The van der Waals surface area contributed by atoms with Crippen molar-refractivity contribution in [3.63, 3.8) is 0 Å². The molecule has 18 heteroatoms. The van der Waals surface area contributed by atoms with Crippen molar-refractivity contribution in [2.45, 2.75) is 86.2 Å². The predicted octanol–water partition coefficient (Wildman–Crippen LogP) is 6.40. The summed E-state index contributed by atoms with van der Waals surface area (Å²) in [6, 6.07) is 25.8. The molecule has 64 heavy (non-hydrogen) atoms. The third-order valence-corrected chi connectivity index (χ3v) is 13.5. The van der Waals surface area contributed by atoms with Gasteiger partial charge in [0, 0.05) is 32.8 Å². The Morgan fingerprint density at radius 3 is 1.62 bits per heavy atom. The number of methoxy groups -OCH3 is 2. The molecule has 2 unspecified atom stereocenters. The summed E-state index contributed by atoms with van der Waals surface area (Å²) >= 11 is 3.53. The van der Waals surface area contributed by atoms with Gasteiger partial charge >= 0.3 is 7.12 Å². The fourth-order valence-corrected chi connectivity index (χ4v) is 9.89. The lowest BCUT2D eigenvalue weighted by Crippen LogP contribution is -2.54. The molecule has 16 nitrogen and oxygen atoms in total. The third-order valence-electron chi connectivity index (χ3n) is 13.0. The maximum Gasteiger partial charge on any atom is 0.487 e. The Bertz CT molecular complexity index is 2550. The van der Waals surface area contributed by atoms with Gasteiger partial charge in [0.15, 0.2) is 22.6 Å². The minimum Gasteiger partial charge on any atom is -0.481 e. The number of rotatable bonds is 4. The topological polar surface area (TPSA) is 188 Å². The van der Waals surface area contributed by atoms with Crippen molar-refractivity contribution >= 4 is 51.8 Å². The van der Waals surface area contributed by atoms with Gasteiger partial charge in [-0.1, -0.05) is 64.5 Å². The maximum atomic E-state index is 8.70. The molecule has 2 atom stereocenters. The first-order valence-electron chi connectivity index (χ1n) is 21.0. The van der Waals surface area contributed by atoms with Crippen LogP contribution in [0.3, 0.4) is 0 Å². The minimum atomic E-state index is -1.49. The summed E-state index contributed by atoms with van der Waals surface area (Å²) in [6.45, 7) is 13.9.